The third kappa shape index (κ3) is 3.25. The van der Waals surface area contributed by atoms with E-state index in [0.29, 0.717) is 41.9 Å². The third-order valence-corrected chi connectivity index (χ3v) is 5.47. The number of halogens is 1. The van der Waals surface area contributed by atoms with Gasteiger partial charge in [0, 0.05) is 25.1 Å². The topological polar surface area (TPSA) is 85.6 Å². The molecule has 2 N–H and O–H groups in total. The minimum atomic E-state index is -0.976. The molecule has 0 amide bonds. The summed E-state index contributed by atoms with van der Waals surface area (Å²) in [5.74, 6) is 2.27. The molecule has 2 fully saturated rings. The van der Waals surface area contributed by atoms with Crippen LogP contribution in [0.4, 0.5) is 10.2 Å². The van der Waals surface area contributed by atoms with Crippen molar-refractivity contribution < 1.29 is 13.9 Å². The Bertz CT molecular complexity index is 1050. The molecule has 5 rings (SSSR count). The van der Waals surface area contributed by atoms with Crippen molar-refractivity contribution in [1.29, 1.82) is 0 Å². The number of methoxy groups -OCH3 is 2. The summed E-state index contributed by atoms with van der Waals surface area (Å²) in [4.78, 5) is 9.18. The van der Waals surface area contributed by atoms with E-state index in [9.17, 15) is 4.39 Å². The molecule has 1 saturated heterocycles. The van der Waals surface area contributed by atoms with Gasteiger partial charge in [0.2, 0.25) is 0 Å². The molecule has 9 heteroatoms. The van der Waals surface area contributed by atoms with Crippen molar-refractivity contribution in [2.75, 3.05) is 32.6 Å². The van der Waals surface area contributed by atoms with Crippen molar-refractivity contribution in [2.45, 2.75) is 31.0 Å². The number of nitrogens with one attached hydrogen (secondary N) is 2. The second-order valence-electron chi connectivity index (χ2n) is 7.46. The fraction of sp³-hybridized carbons (Fsp3) is 0.450. The van der Waals surface area contributed by atoms with Crippen molar-refractivity contribution in [2.24, 2.45) is 0 Å². The number of imidazole rings is 1. The lowest BCUT2D eigenvalue weighted by atomic mass is 10.2. The van der Waals surface area contributed by atoms with E-state index in [2.05, 4.69) is 15.6 Å². The Hall–Kier alpha value is -2.94. The monoisotopic (exact) mass is 398 g/mol. The summed E-state index contributed by atoms with van der Waals surface area (Å²) in [6.45, 7) is 0.876. The molecule has 2 aliphatic rings. The molecule has 29 heavy (non-hydrogen) atoms. The Kier molecular flexibility index (Phi) is 4.46. The highest BCUT2D eigenvalue weighted by Gasteiger charge is 2.30. The summed E-state index contributed by atoms with van der Waals surface area (Å²) >= 11 is 0. The molecule has 0 bridgehead atoms. The zero-order valence-corrected chi connectivity index (χ0v) is 16.4. The van der Waals surface area contributed by atoms with E-state index in [1.54, 1.807) is 24.9 Å². The van der Waals surface area contributed by atoms with Gasteiger partial charge >= 0.3 is 0 Å². The maximum Gasteiger partial charge on any atom is 0.169 e. The van der Waals surface area contributed by atoms with Gasteiger partial charge in [-0.25, -0.2) is 18.9 Å². The number of anilines is 1. The van der Waals surface area contributed by atoms with Gasteiger partial charge in [0.1, 0.15) is 23.3 Å². The fourth-order valence-corrected chi connectivity index (χ4v) is 3.71. The van der Waals surface area contributed by atoms with Gasteiger partial charge < -0.3 is 20.1 Å². The normalized spacial score (nSPS) is 21.5. The molecule has 0 aromatic carbocycles. The predicted octanol–water partition coefficient (Wildman–Crippen LogP) is 2.41. The van der Waals surface area contributed by atoms with E-state index in [1.165, 1.54) is 0 Å². The molecule has 1 aliphatic carbocycles. The van der Waals surface area contributed by atoms with Crippen LogP contribution in [0.15, 0.2) is 24.4 Å². The number of hydrogen-bond acceptors (Lipinski definition) is 7. The molecule has 0 spiro atoms. The molecule has 4 heterocycles. The molecule has 152 valence electrons. The lowest BCUT2D eigenvalue weighted by Crippen LogP contribution is -2.30. The van der Waals surface area contributed by atoms with Crippen molar-refractivity contribution in [3.63, 3.8) is 0 Å². The summed E-state index contributed by atoms with van der Waals surface area (Å²) in [6.07, 6.45) is 3.00. The molecule has 1 saturated carbocycles. The lowest BCUT2D eigenvalue weighted by Gasteiger charge is -2.17. The minimum absolute atomic E-state index is 0.336. The minimum Gasteiger partial charge on any atom is -0.495 e. The summed E-state index contributed by atoms with van der Waals surface area (Å²) in [5, 5.41) is 11.0. The van der Waals surface area contributed by atoms with Crippen molar-refractivity contribution >= 4 is 11.5 Å². The molecule has 0 radical (unpaired) electrons. The van der Waals surface area contributed by atoms with Crippen LogP contribution in [0.5, 0.6) is 11.5 Å². The Labute approximate surface area is 167 Å². The van der Waals surface area contributed by atoms with Crippen LogP contribution >= 0.6 is 0 Å². The average Bonchev–Trinajstić information content (AvgIpc) is 3.39. The summed E-state index contributed by atoms with van der Waals surface area (Å²) < 4.78 is 26.8. The Balaban J connectivity index is 1.55. The first-order valence-corrected chi connectivity index (χ1v) is 9.77. The van der Waals surface area contributed by atoms with Crippen LogP contribution in [0.3, 0.4) is 0 Å². The second kappa shape index (κ2) is 7.14. The first-order valence-electron chi connectivity index (χ1n) is 9.77. The van der Waals surface area contributed by atoms with Crippen LogP contribution in [-0.2, 0) is 0 Å². The van der Waals surface area contributed by atoms with Crippen molar-refractivity contribution in [3.05, 3.63) is 30.1 Å². The van der Waals surface area contributed by atoms with E-state index >= 15 is 0 Å². The van der Waals surface area contributed by atoms with Crippen LogP contribution in [-0.4, -0.2) is 59.1 Å². The summed E-state index contributed by atoms with van der Waals surface area (Å²) in [7, 11) is 3.23. The van der Waals surface area contributed by atoms with Gasteiger partial charge in [-0.3, -0.25) is 0 Å². The Morgan fingerprint density at radius 1 is 1.17 bits per heavy atom. The van der Waals surface area contributed by atoms with Crippen molar-refractivity contribution in [1.82, 2.24) is 24.9 Å². The molecule has 3 aromatic rings. The second-order valence-corrected chi connectivity index (χ2v) is 7.46. The molecular formula is C20H23FN6O2. The molecular weight excluding hydrogens is 375 g/mol. The molecule has 1 aliphatic heterocycles. The van der Waals surface area contributed by atoms with Gasteiger partial charge in [-0.15, -0.1) is 0 Å². The number of hydrogen-bond donors (Lipinski definition) is 2. The smallest absolute Gasteiger partial charge is 0.169 e. The number of aromatic nitrogens is 4. The first-order chi connectivity index (χ1) is 14.2. The van der Waals surface area contributed by atoms with E-state index in [4.69, 9.17) is 19.6 Å². The quantitative estimate of drug-likeness (QED) is 0.659. The highest BCUT2D eigenvalue weighted by atomic mass is 19.1. The summed E-state index contributed by atoms with van der Waals surface area (Å²) in [5.41, 5.74) is 3.08. The van der Waals surface area contributed by atoms with E-state index in [1.807, 2.05) is 18.2 Å². The van der Waals surface area contributed by atoms with E-state index in [-0.39, 0.29) is 6.04 Å². The van der Waals surface area contributed by atoms with E-state index < -0.39 is 6.17 Å². The van der Waals surface area contributed by atoms with Crippen LogP contribution in [0, 0.1) is 0 Å². The SMILES string of the molecule is COc1ccc(-c2cnc3cc(OC)c(C4CC4)nn23)nc1N[C@@H]1CNC[C@H]1F. The highest BCUT2D eigenvalue weighted by molar-refractivity contribution is 5.65. The van der Waals surface area contributed by atoms with Gasteiger partial charge in [0.25, 0.3) is 0 Å². The third-order valence-electron chi connectivity index (χ3n) is 5.47. The van der Waals surface area contributed by atoms with Crippen LogP contribution < -0.4 is 20.1 Å². The number of nitrogens with zero attached hydrogens (tertiary/aromatic N) is 4. The van der Waals surface area contributed by atoms with E-state index in [0.717, 1.165) is 30.0 Å². The van der Waals surface area contributed by atoms with Gasteiger partial charge in [0.05, 0.1) is 32.2 Å². The predicted molar refractivity (Wildman–Crippen MR) is 106 cm³/mol. The fourth-order valence-electron chi connectivity index (χ4n) is 3.71. The van der Waals surface area contributed by atoms with Gasteiger partial charge in [-0.05, 0) is 25.0 Å². The van der Waals surface area contributed by atoms with Crippen molar-refractivity contribution in [3.8, 4) is 22.9 Å². The number of pyridine rings is 1. The Morgan fingerprint density at radius 2 is 2.00 bits per heavy atom. The number of alkyl halides is 1. The first kappa shape index (κ1) is 18.1. The largest absolute Gasteiger partial charge is 0.495 e. The van der Waals surface area contributed by atoms with Gasteiger partial charge in [0.15, 0.2) is 17.2 Å². The molecule has 8 nitrogen and oxygen atoms in total. The number of ether oxygens (including phenoxy) is 2. The lowest BCUT2D eigenvalue weighted by molar-refractivity contribution is 0.341. The number of rotatable bonds is 6. The van der Waals surface area contributed by atoms with Crippen LogP contribution in [0.1, 0.15) is 24.5 Å². The maximum atomic E-state index is 14.1. The highest BCUT2D eigenvalue weighted by Crippen LogP contribution is 2.43. The number of fused-ring (bicyclic) bond motifs is 1. The zero-order chi connectivity index (χ0) is 20.0. The Morgan fingerprint density at radius 3 is 2.69 bits per heavy atom. The average molecular weight is 398 g/mol. The molecule has 2 atom stereocenters. The van der Waals surface area contributed by atoms with Crippen LogP contribution in [0.25, 0.3) is 17.0 Å². The summed E-state index contributed by atoms with van der Waals surface area (Å²) in [6, 6.07) is 5.24. The van der Waals surface area contributed by atoms with Crippen LogP contribution in [0.2, 0.25) is 0 Å². The van der Waals surface area contributed by atoms with Gasteiger partial charge in [-0.1, -0.05) is 0 Å². The zero-order valence-electron chi connectivity index (χ0n) is 16.4. The van der Waals surface area contributed by atoms with Gasteiger partial charge in [-0.2, -0.15) is 5.10 Å². The standard InChI is InChI=1S/C20H23FN6O2/c1-28-16-6-5-13(24-20(16)25-14-9-22-8-12(14)21)15-10-23-18-7-17(29-2)19(11-3-4-11)26-27(15)18/h5-7,10-12,14,22H,3-4,8-9H2,1-2H3,(H,24,25)/t12-,14-/m1/s1. The maximum absolute atomic E-state index is 14.1. The molecule has 0 unspecified atom stereocenters. The molecule has 3 aromatic heterocycles.